The number of amides is 1. The third-order valence-electron chi connectivity index (χ3n) is 6.99. The van der Waals surface area contributed by atoms with Crippen molar-refractivity contribution in [3.8, 4) is 11.5 Å². The number of rotatable bonds is 7. The molecule has 2 bridgehead atoms. The van der Waals surface area contributed by atoms with Crippen LogP contribution in [0.5, 0.6) is 11.5 Å². The summed E-state index contributed by atoms with van der Waals surface area (Å²) in [5.74, 6) is 1.68. The first-order chi connectivity index (χ1) is 12.8. The highest BCUT2D eigenvalue weighted by atomic mass is 16.5. The SMILES string of the molecule is CCCCOc1ccc(C(=O)N/N=C2/C[C@H]3CC[C@@]2(C)C3(C)C)cc1OC. The van der Waals surface area contributed by atoms with Gasteiger partial charge in [-0.3, -0.25) is 4.79 Å². The number of carbonyl (C=O) groups excluding carboxylic acids is 1. The van der Waals surface area contributed by atoms with E-state index in [-0.39, 0.29) is 16.7 Å². The van der Waals surface area contributed by atoms with Crippen molar-refractivity contribution in [2.45, 2.75) is 59.8 Å². The second-order valence-electron chi connectivity index (χ2n) is 8.56. The third-order valence-corrected chi connectivity index (χ3v) is 6.99. The Morgan fingerprint density at radius 1 is 1.30 bits per heavy atom. The molecule has 27 heavy (non-hydrogen) atoms. The van der Waals surface area contributed by atoms with Crippen molar-refractivity contribution < 1.29 is 14.3 Å². The lowest BCUT2D eigenvalue weighted by Crippen LogP contribution is -2.34. The monoisotopic (exact) mass is 372 g/mol. The lowest BCUT2D eigenvalue weighted by molar-refractivity contribution is 0.0953. The van der Waals surface area contributed by atoms with E-state index in [0.717, 1.165) is 31.4 Å². The second-order valence-corrected chi connectivity index (χ2v) is 8.56. The van der Waals surface area contributed by atoms with E-state index < -0.39 is 0 Å². The average molecular weight is 373 g/mol. The van der Waals surface area contributed by atoms with Crippen molar-refractivity contribution in [2.75, 3.05) is 13.7 Å². The predicted octanol–water partition coefficient (Wildman–Crippen LogP) is 4.81. The summed E-state index contributed by atoms with van der Waals surface area (Å²) in [5.41, 5.74) is 4.74. The van der Waals surface area contributed by atoms with E-state index in [1.54, 1.807) is 25.3 Å². The van der Waals surface area contributed by atoms with Crippen LogP contribution in [-0.2, 0) is 0 Å². The molecule has 0 saturated heterocycles. The number of ether oxygens (including phenoxy) is 2. The summed E-state index contributed by atoms with van der Waals surface area (Å²) >= 11 is 0. The predicted molar refractivity (Wildman–Crippen MR) is 108 cm³/mol. The number of hydrazone groups is 1. The Morgan fingerprint density at radius 3 is 2.67 bits per heavy atom. The van der Waals surface area contributed by atoms with Crippen LogP contribution in [0, 0.1) is 16.7 Å². The van der Waals surface area contributed by atoms with Crippen molar-refractivity contribution in [1.82, 2.24) is 5.43 Å². The zero-order valence-corrected chi connectivity index (χ0v) is 17.2. The van der Waals surface area contributed by atoms with E-state index >= 15 is 0 Å². The Kier molecular flexibility index (Phi) is 5.50. The first-order valence-electron chi connectivity index (χ1n) is 10.0. The van der Waals surface area contributed by atoms with Crippen molar-refractivity contribution in [3.05, 3.63) is 23.8 Å². The number of benzene rings is 1. The van der Waals surface area contributed by atoms with Crippen LogP contribution in [-0.4, -0.2) is 25.3 Å². The highest BCUT2D eigenvalue weighted by Crippen LogP contribution is 2.63. The zero-order valence-electron chi connectivity index (χ0n) is 17.2. The summed E-state index contributed by atoms with van der Waals surface area (Å²) in [7, 11) is 1.59. The Labute approximate surface area is 162 Å². The number of nitrogens with zero attached hydrogens (tertiary/aromatic N) is 1. The Hall–Kier alpha value is -2.04. The molecular weight excluding hydrogens is 340 g/mol. The van der Waals surface area contributed by atoms with Gasteiger partial charge in [-0.2, -0.15) is 5.10 Å². The molecule has 1 N–H and O–H groups in total. The molecule has 1 aromatic carbocycles. The van der Waals surface area contributed by atoms with Crippen LogP contribution in [0.4, 0.5) is 0 Å². The maximum Gasteiger partial charge on any atom is 0.271 e. The van der Waals surface area contributed by atoms with Gasteiger partial charge in [0.2, 0.25) is 0 Å². The fraction of sp³-hybridized carbons (Fsp3) is 0.636. The molecule has 2 saturated carbocycles. The molecule has 5 nitrogen and oxygen atoms in total. The summed E-state index contributed by atoms with van der Waals surface area (Å²) in [4.78, 5) is 12.6. The van der Waals surface area contributed by atoms with Crippen LogP contribution in [0.2, 0.25) is 0 Å². The standard InChI is InChI=1S/C22H32N2O3/c1-6-7-12-27-17-9-8-15(13-18(17)26-5)20(25)24-23-19-14-16-10-11-22(19,4)21(16,2)3/h8-9,13,16H,6-7,10-12,14H2,1-5H3,(H,24,25)/b23-19-/t16-,22-/m1/s1. The highest BCUT2D eigenvalue weighted by molar-refractivity contribution is 5.98. The number of methoxy groups -OCH3 is 1. The smallest absolute Gasteiger partial charge is 0.271 e. The Morgan fingerprint density at radius 2 is 2.07 bits per heavy atom. The van der Waals surface area contributed by atoms with Crippen LogP contribution in [0.15, 0.2) is 23.3 Å². The minimum absolute atomic E-state index is 0.0829. The number of carbonyl (C=O) groups is 1. The molecule has 1 aromatic rings. The van der Waals surface area contributed by atoms with E-state index in [1.807, 2.05) is 0 Å². The second kappa shape index (κ2) is 7.53. The van der Waals surface area contributed by atoms with Gasteiger partial charge in [0.05, 0.1) is 13.7 Å². The van der Waals surface area contributed by atoms with Gasteiger partial charge in [-0.15, -0.1) is 0 Å². The maximum atomic E-state index is 12.6. The molecule has 2 atom stereocenters. The summed E-state index contributed by atoms with van der Waals surface area (Å²) < 4.78 is 11.1. The molecule has 5 heteroatoms. The van der Waals surface area contributed by atoms with Gasteiger partial charge in [0.15, 0.2) is 11.5 Å². The Balaban J connectivity index is 1.70. The molecule has 148 valence electrons. The van der Waals surface area contributed by atoms with Gasteiger partial charge < -0.3 is 9.47 Å². The van der Waals surface area contributed by atoms with Crippen LogP contribution in [0.25, 0.3) is 0 Å². The van der Waals surface area contributed by atoms with E-state index in [2.05, 4.69) is 38.2 Å². The van der Waals surface area contributed by atoms with Gasteiger partial charge in [0.1, 0.15) is 0 Å². The lowest BCUT2D eigenvalue weighted by atomic mass is 9.70. The first-order valence-corrected chi connectivity index (χ1v) is 10.0. The molecule has 0 radical (unpaired) electrons. The molecule has 3 rings (SSSR count). The quantitative estimate of drug-likeness (QED) is 0.552. The summed E-state index contributed by atoms with van der Waals surface area (Å²) in [5, 5.41) is 4.53. The molecular formula is C22H32N2O3. The third kappa shape index (κ3) is 3.44. The summed E-state index contributed by atoms with van der Waals surface area (Å²) in [6, 6.07) is 5.26. The summed E-state index contributed by atoms with van der Waals surface area (Å²) in [6.45, 7) is 9.71. The number of unbranched alkanes of at least 4 members (excludes halogenated alkanes) is 1. The zero-order chi connectivity index (χ0) is 19.7. The average Bonchev–Trinajstić information content (AvgIpc) is 2.99. The Bertz CT molecular complexity index is 741. The summed E-state index contributed by atoms with van der Waals surface area (Å²) in [6.07, 6.45) is 5.44. The van der Waals surface area contributed by atoms with Crippen LogP contribution < -0.4 is 14.9 Å². The fourth-order valence-electron chi connectivity index (χ4n) is 4.53. The minimum Gasteiger partial charge on any atom is -0.493 e. The maximum absolute atomic E-state index is 12.6. The van der Waals surface area contributed by atoms with E-state index in [4.69, 9.17) is 9.47 Å². The molecule has 0 aliphatic heterocycles. The van der Waals surface area contributed by atoms with Gasteiger partial charge in [0, 0.05) is 16.7 Å². The number of nitrogens with one attached hydrogen (secondary N) is 1. The highest BCUT2D eigenvalue weighted by Gasteiger charge is 2.60. The molecule has 0 heterocycles. The van der Waals surface area contributed by atoms with Crippen molar-refractivity contribution in [1.29, 1.82) is 0 Å². The normalized spacial score (nSPS) is 27.0. The van der Waals surface area contributed by atoms with Crippen LogP contribution in [0.3, 0.4) is 0 Å². The van der Waals surface area contributed by atoms with Crippen molar-refractivity contribution in [2.24, 2.45) is 21.8 Å². The first kappa shape index (κ1) is 19.7. The van der Waals surface area contributed by atoms with E-state index in [9.17, 15) is 4.79 Å². The van der Waals surface area contributed by atoms with Crippen molar-refractivity contribution in [3.63, 3.8) is 0 Å². The molecule has 0 aromatic heterocycles. The van der Waals surface area contributed by atoms with Gasteiger partial charge in [-0.25, -0.2) is 5.43 Å². The topological polar surface area (TPSA) is 59.9 Å². The van der Waals surface area contributed by atoms with Gasteiger partial charge in [-0.05, 0) is 55.2 Å². The number of fused-ring (bicyclic) bond motifs is 2. The van der Waals surface area contributed by atoms with Gasteiger partial charge >= 0.3 is 0 Å². The molecule has 2 aliphatic rings. The lowest BCUT2D eigenvalue weighted by Gasteiger charge is -2.34. The van der Waals surface area contributed by atoms with Gasteiger partial charge in [-0.1, -0.05) is 34.1 Å². The number of hydrogen-bond acceptors (Lipinski definition) is 4. The molecule has 2 fully saturated rings. The van der Waals surface area contributed by atoms with Gasteiger partial charge in [0.25, 0.3) is 5.91 Å². The van der Waals surface area contributed by atoms with Crippen LogP contribution >= 0.6 is 0 Å². The van der Waals surface area contributed by atoms with E-state index in [0.29, 0.717) is 29.6 Å². The molecule has 0 spiro atoms. The molecule has 0 unspecified atom stereocenters. The van der Waals surface area contributed by atoms with Crippen molar-refractivity contribution >= 4 is 11.6 Å². The number of hydrogen-bond donors (Lipinski definition) is 1. The molecule has 2 aliphatic carbocycles. The van der Waals surface area contributed by atoms with E-state index in [1.165, 1.54) is 6.42 Å². The van der Waals surface area contributed by atoms with Crippen LogP contribution in [0.1, 0.15) is 70.2 Å². The molecule has 1 amide bonds. The minimum atomic E-state index is -0.218. The largest absolute Gasteiger partial charge is 0.493 e. The fourth-order valence-corrected chi connectivity index (χ4v) is 4.53.